The van der Waals surface area contributed by atoms with Gasteiger partial charge in [-0.15, -0.1) is 0 Å². The molecule has 0 saturated heterocycles. The van der Waals surface area contributed by atoms with Crippen LogP contribution in [0.4, 0.5) is 0 Å². The van der Waals surface area contributed by atoms with Crippen molar-refractivity contribution in [1.29, 1.82) is 0 Å². The summed E-state index contributed by atoms with van der Waals surface area (Å²) in [6, 6.07) is 16.2. The van der Waals surface area contributed by atoms with Gasteiger partial charge < -0.3 is 4.57 Å². The van der Waals surface area contributed by atoms with E-state index in [2.05, 4.69) is 9.82 Å². The Balaban J connectivity index is 1.60. The van der Waals surface area contributed by atoms with Gasteiger partial charge in [-0.05, 0) is 42.8 Å². The van der Waals surface area contributed by atoms with Gasteiger partial charge in [-0.25, -0.2) is 13.1 Å². The molecule has 7 nitrogen and oxygen atoms in total. The number of amides is 1. The van der Waals surface area contributed by atoms with E-state index in [4.69, 9.17) is 11.6 Å². The number of hydrogen-bond acceptors (Lipinski definition) is 4. The minimum atomic E-state index is -3.82. The Hall–Kier alpha value is -3.36. The molecule has 1 amide bonds. The number of carbonyl (C=O) groups excluding carboxylic acids is 1. The number of aromatic nitrogens is 3. The third kappa shape index (κ3) is 4.61. The van der Waals surface area contributed by atoms with Crippen LogP contribution in [0.5, 0.6) is 0 Å². The maximum absolute atomic E-state index is 12.4. The summed E-state index contributed by atoms with van der Waals surface area (Å²) in [5, 5.41) is 6.08. The van der Waals surface area contributed by atoms with Crippen molar-refractivity contribution in [2.24, 2.45) is 7.05 Å². The standard InChI is InChI=1S/C23H21ClN4O3S/c1-16-20(9-11-22(29)26-32(30,31)15-17-6-4-3-5-7-17)23(27(2)25-16)28-13-12-18-14-19(24)8-10-21(18)28/h3-14H,15H2,1-2H3,(H,26,29). The number of fused-ring (bicyclic) bond motifs is 1. The fourth-order valence-corrected chi connectivity index (χ4v) is 4.88. The largest absolute Gasteiger partial charge is 0.301 e. The van der Waals surface area contributed by atoms with Crippen LogP contribution in [0.1, 0.15) is 16.8 Å². The molecule has 4 aromatic rings. The topological polar surface area (TPSA) is 86.0 Å². The molecule has 0 spiro atoms. The molecule has 164 valence electrons. The first-order valence-electron chi connectivity index (χ1n) is 9.80. The highest BCUT2D eigenvalue weighted by atomic mass is 35.5. The molecule has 32 heavy (non-hydrogen) atoms. The van der Waals surface area contributed by atoms with Gasteiger partial charge in [0.2, 0.25) is 10.0 Å². The maximum Gasteiger partial charge on any atom is 0.257 e. The number of benzene rings is 2. The Morgan fingerprint density at radius 3 is 2.66 bits per heavy atom. The third-order valence-electron chi connectivity index (χ3n) is 4.97. The molecule has 2 heterocycles. The minimum Gasteiger partial charge on any atom is -0.301 e. The van der Waals surface area contributed by atoms with E-state index >= 15 is 0 Å². The van der Waals surface area contributed by atoms with Crippen LogP contribution in [0.15, 0.2) is 66.9 Å². The number of rotatable bonds is 6. The highest BCUT2D eigenvalue weighted by Crippen LogP contribution is 2.27. The molecule has 0 aliphatic rings. The maximum atomic E-state index is 12.4. The van der Waals surface area contributed by atoms with Crippen LogP contribution in [0.3, 0.4) is 0 Å². The van der Waals surface area contributed by atoms with Gasteiger partial charge in [0.05, 0.1) is 17.0 Å². The van der Waals surface area contributed by atoms with E-state index < -0.39 is 15.9 Å². The van der Waals surface area contributed by atoms with Crippen LogP contribution < -0.4 is 4.72 Å². The summed E-state index contributed by atoms with van der Waals surface area (Å²) in [4.78, 5) is 12.4. The average molecular weight is 469 g/mol. The van der Waals surface area contributed by atoms with Crippen molar-refractivity contribution in [3.05, 3.63) is 88.7 Å². The lowest BCUT2D eigenvalue weighted by molar-refractivity contribution is -0.114. The second-order valence-corrected chi connectivity index (χ2v) is 9.54. The molecule has 0 bridgehead atoms. The fraction of sp³-hybridized carbons (Fsp3) is 0.130. The van der Waals surface area contributed by atoms with Gasteiger partial charge in [0.15, 0.2) is 0 Å². The van der Waals surface area contributed by atoms with Gasteiger partial charge in [0.1, 0.15) is 5.82 Å². The predicted octanol–water partition coefficient (Wildman–Crippen LogP) is 3.99. The van der Waals surface area contributed by atoms with Crippen molar-refractivity contribution in [3.63, 3.8) is 0 Å². The molecule has 0 aliphatic carbocycles. The zero-order chi connectivity index (χ0) is 22.9. The van der Waals surface area contributed by atoms with Gasteiger partial charge in [0, 0.05) is 35.3 Å². The molecule has 0 saturated carbocycles. The molecule has 9 heteroatoms. The normalized spacial score (nSPS) is 12.0. The van der Waals surface area contributed by atoms with Gasteiger partial charge in [-0.2, -0.15) is 5.10 Å². The van der Waals surface area contributed by atoms with Crippen molar-refractivity contribution in [3.8, 4) is 5.82 Å². The van der Waals surface area contributed by atoms with Gasteiger partial charge in [-0.3, -0.25) is 9.48 Å². The number of halogens is 1. The molecule has 0 radical (unpaired) electrons. The van der Waals surface area contributed by atoms with E-state index in [0.29, 0.717) is 21.8 Å². The Morgan fingerprint density at radius 2 is 1.91 bits per heavy atom. The Labute approximate surface area is 191 Å². The zero-order valence-electron chi connectivity index (χ0n) is 17.5. The molecule has 0 unspecified atom stereocenters. The van der Waals surface area contributed by atoms with Crippen molar-refractivity contribution in [2.75, 3.05) is 0 Å². The Bertz CT molecular complexity index is 1440. The SMILES string of the molecule is Cc1nn(C)c(-n2ccc3cc(Cl)ccc32)c1C=CC(=O)NS(=O)(=O)Cc1ccccc1. The second-order valence-electron chi connectivity index (χ2n) is 7.38. The van der Waals surface area contributed by atoms with Crippen molar-refractivity contribution >= 4 is 44.5 Å². The Kier molecular flexibility index (Phi) is 5.90. The predicted molar refractivity (Wildman–Crippen MR) is 126 cm³/mol. The van der Waals surface area contributed by atoms with Crippen LogP contribution >= 0.6 is 11.6 Å². The summed E-state index contributed by atoms with van der Waals surface area (Å²) < 4.78 is 30.4. The first kappa shape index (κ1) is 21.9. The van der Waals surface area contributed by atoms with E-state index in [0.717, 1.165) is 16.7 Å². The Morgan fingerprint density at radius 1 is 1.16 bits per heavy atom. The summed E-state index contributed by atoms with van der Waals surface area (Å²) in [6.07, 6.45) is 4.69. The molecule has 1 N–H and O–H groups in total. The molecule has 4 rings (SSSR count). The third-order valence-corrected chi connectivity index (χ3v) is 6.44. The lowest BCUT2D eigenvalue weighted by atomic mass is 10.2. The number of carbonyl (C=O) groups is 1. The van der Waals surface area contributed by atoms with Crippen LogP contribution in [-0.4, -0.2) is 28.7 Å². The minimum absolute atomic E-state index is 0.275. The fourth-order valence-electron chi connectivity index (χ4n) is 3.62. The second kappa shape index (κ2) is 8.64. The molecule has 0 aliphatic heterocycles. The average Bonchev–Trinajstić information content (AvgIpc) is 3.25. The number of hydrogen-bond donors (Lipinski definition) is 1. The van der Waals surface area contributed by atoms with E-state index in [-0.39, 0.29) is 5.75 Å². The smallest absolute Gasteiger partial charge is 0.257 e. The quantitative estimate of drug-likeness (QED) is 0.433. The van der Waals surface area contributed by atoms with Crippen molar-refractivity contribution in [1.82, 2.24) is 19.1 Å². The van der Waals surface area contributed by atoms with Crippen molar-refractivity contribution in [2.45, 2.75) is 12.7 Å². The van der Waals surface area contributed by atoms with Crippen LogP contribution in [0.25, 0.3) is 22.8 Å². The number of aryl methyl sites for hydroxylation is 2. The summed E-state index contributed by atoms with van der Waals surface area (Å²) in [5.74, 6) is -0.252. The summed E-state index contributed by atoms with van der Waals surface area (Å²) in [6.45, 7) is 1.83. The van der Waals surface area contributed by atoms with Gasteiger partial charge in [-0.1, -0.05) is 41.9 Å². The van der Waals surface area contributed by atoms with E-state index in [1.807, 2.05) is 49.0 Å². The van der Waals surface area contributed by atoms with Crippen molar-refractivity contribution < 1.29 is 13.2 Å². The number of sulfonamides is 1. The molecular weight excluding hydrogens is 448 g/mol. The lowest BCUT2D eigenvalue weighted by Crippen LogP contribution is -2.30. The summed E-state index contributed by atoms with van der Waals surface area (Å²) in [5.41, 5.74) is 2.94. The van der Waals surface area contributed by atoms with Crippen LogP contribution in [0.2, 0.25) is 5.02 Å². The molecular formula is C23H21ClN4O3S. The highest BCUT2D eigenvalue weighted by molar-refractivity contribution is 7.89. The summed E-state index contributed by atoms with van der Waals surface area (Å²) >= 11 is 6.10. The lowest BCUT2D eigenvalue weighted by Gasteiger charge is -2.08. The zero-order valence-corrected chi connectivity index (χ0v) is 19.1. The summed E-state index contributed by atoms with van der Waals surface area (Å²) in [7, 11) is -2.01. The highest BCUT2D eigenvalue weighted by Gasteiger charge is 2.17. The van der Waals surface area contributed by atoms with Crippen LogP contribution in [-0.2, 0) is 27.6 Å². The molecule has 2 aromatic heterocycles. The monoisotopic (exact) mass is 468 g/mol. The molecule has 0 fully saturated rings. The van der Waals surface area contributed by atoms with Gasteiger partial charge in [0.25, 0.3) is 5.91 Å². The first-order chi connectivity index (χ1) is 15.2. The molecule has 0 atom stereocenters. The molecule has 2 aromatic carbocycles. The van der Waals surface area contributed by atoms with E-state index in [1.165, 1.54) is 6.08 Å². The number of nitrogens with zero attached hydrogens (tertiary/aromatic N) is 3. The van der Waals surface area contributed by atoms with E-state index in [1.54, 1.807) is 41.1 Å². The number of nitrogens with one attached hydrogen (secondary N) is 1. The van der Waals surface area contributed by atoms with Crippen LogP contribution in [0, 0.1) is 6.92 Å². The van der Waals surface area contributed by atoms with E-state index in [9.17, 15) is 13.2 Å². The van der Waals surface area contributed by atoms with Gasteiger partial charge >= 0.3 is 0 Å². The first-order valence-corrected chi connectivity index (χ1v) is 11.8.